The van der Waals surface area contributed by atoms with Gasteiger partial charge in [-0.25, -0.2) is 0 Å². The van der Waals surface area contributed by atoms with E-state index in [1.54, 1.807) is 7.11 Å². The van der Waals surface area contributed by atoms with E-state index in [-0.39, 0.29) is 0 Å². The normalized spacial score (nSPS) is 12.5. The lowest BCUT2D eigenvalue weighted by Crippen LogP contribution is -2.22. The van der Waals surface area contributed by atoms with Gasteiger partial charge in [-0.2, -0.15) is 0 Å². The predicted octanol–water partition coefficient (Wildman–Crippen LogP) is 4.32. The summed E-state index contributed by atoms with van der Waals surface area (Å²) in [6.45, 7) is 4.21. The first-order valence-corrected chi connectivity index (χ1v) is 7.65. The summed E-state index contributed by atoms with van der Waals surface area (Å²) in [5, 5.41) is 3.70. The van der Waals surface area contributed by atoms with E-state index in [0.29, 0.717) is 6.04 Å². The average Bonchev–Trinajstić information content (AvgIpc) is 2.46. The summed E-state index contributed by atoms with van der Waals surface area (Å²) < 4.78 is 5.09. The highest BCUT2D eigenvalue weighted by atomic mass is 16.5. The van der Waals surface area contributed by atoms with E-state index in [4.69, 9.17) is 4.74 Å². The molecule has 0 saturated heterocycles. The van der Waals surface area contributed by atoms with Crippen LogP contribution in [0, 0.1) is 0 Å². The molecule has 1 aromatic rings. The third kappa shape index (κ3) is 7.34. The van der Waals surface area contributed by atoms with Crippen LogP contribution in [0.2, 0.25) is 0 Å². The van der Waals surface area contributed by atoms with Gasteiger partial charge in [0.25, 0.3) is 0 Å². The molecule has 1 aromatic carbocycles. The van der Waals surface area contributed by atoms with E-state index in [0.717, 1.165) is 19.6 Å². The quantitative estimate of drug-likeness (QED) is 0.600. The Labute approximate surface area is 118 Å². The van der Waals surface area contributed by atoms with Crippen molar-refractivity contribution in [1.82, 2.24) is 5.32 Å². The number of unbranched alkanes of at least 4 members (excludes halogenated alkanes) is 3. The number of rotatable bonds is 11. The Bertz CT molecular complexity index is 299. The second-order valence-electron chi connectivity index (χ2n) is 5.11. The molecule has 2 heteroatoms. The molecule has 0 bridgehead atoms. The van der Waals surface area contributed by atoms with Gasteiger partial charge in [-0.05, 0) is 31.4 Å². The van der Waals surface area contributed by atoms with Crippen LogP contribution in [0.5, 0.6) is 0 Å². The van der Waals surface area contributed by atoms with Crippen LogP contribution in [-0.2, 0) is 4.74 Å². The Balaban J connectivity index is 2.36. The molecule has 1 unspecified atom stereocenters. The summed E-state index contributed by atoms with van der Waals surface area (Å²) in [6, 6.07) is 11.3. The SMILES string of the molecule is CCCCCC(NCCCCOC)c1ccccc1. The minimum Gasteiger partial charge on any atom is -0.385 e. The van der Waals surface area contributed by atoms with Crippen molar-refractivity contribution in [2.75, 3.05) is 20.3 Å². The van der Waals surface area contributed by atoms with Crippen LogP contribution in [0.4, 0.5) is 0 Å². The first-order valence-electron chi connectivity index (χ1n) is 7.65. The predicted molar refractivity (Wildman–Crippen MR) is 82.4 cm³/mol. The number of methoxy groups -OCH3 is 1. The highest BCUT2D eigenvalue weighted by Crippen LogP contribution is 2.19. The zero-order valence-electron chi connectivity index (χ0n) is 12.5. The number of nitrogens with one attached hydrogen (secondary N) is 1. The van der Waals surface area contributed by atoms with Crippen LogP contribution in [-0.4, -0.2) is 20.3 Å². The first kappa shape index (κ1) is 16.2. The van der Waals surface area contributed by atoms with Crippen LogP contribution < -0.4 is 5.32 Å². The Morgan fingerprint density at radius 2 is 1.84 bits per heavy atom. The van der Waals surface area contributed by atoms with Crippen molar-refractivity contribution in [3.05, 3.63) is 35.9 Å². The molecule has 1 atom stereocenters. The highest BCUT2D eigenvalue weighted by Gasteiger charge is 2.09. The molecular formula is C17H29NO. The van der Waals surface area contributed by atoms with Crippen molar-refractivity contribution in [3.63, 3.8) is 0 Å². The lowest BCUT2D eigenvalue weighted by atomic mass is 10.0. The van der Waals surface area contributed by atoms with Gasteiger partial charge >= 0.3 is 0 Å². The molecule has 0 saturated carbocycles. The maximum Gasteiger partial charge on any atom is 0.0462 e. The fourth-order valence-corrected chi connectivity index (χ4v) is 2.32. The number of ether oxygens (including phenoxy) is 1. The Kier molecular flexibility index (Phi) is 9.38. The molecule has 0 amide bonds. The first-order chi connectivity index (χ1) is 9.38. The molecule has 0 heterocycles. The molecule has 19 heavy (non-hydrogen) atoms. The zero-order valence-corrected chi connectivity index (χ0v) is 12.5. The van der Waals surface area contributed by atoms with Crippen molar-refractivity contribution in [3.8, 4) is 0 Å². The number of hydrogen-bond donors (Lipinski definition) is 1. The summed E-state index contributed by atoms with van der Waals surface area (Å²) >= 11 is 0. The molecule has 1 N–H and O–H groups in total. The van der Waals surface area contributed by atoms with Crippen LogP contribution in [0.25, 0.3) is 0 Å². The number of benzene rings is 1. The van der Waals surface area contributed by atoms with Gasteiger partial charge in [-0.3, -0.25) is 0 Å². The maximum atomic E-state index is 5.09. The molecule has 0 aliphatic heterocycles. The van der Waals surface area contributed by atoms with Gasteiger partial charge in [0.15, 0.2) is 0 Å². The summed E-state index contributed by atoms with van der Waals surface area (Å²) in [5.41, 5.74) is 1.42. The number of hydrogen-bond acceptors (Lipinski definition) is 2. The average molecular weight is 263 g/mol. The summed E-state index contributed by atoms with van der Waals surface area (Å²) in [4.78, 5) is 0. The minimum atomic E-state index is 0.510. The van der Waals surface area contributed by atoms with Crippen molar-refractivity contribution in [2.45, 2.75) is 51.5 Å². The molecule has 1 rings (SSSR count). The summed E-state index contributed by atoms with van der Waals surface area (Å²) in [5.74, 6) is 0. The topological polar surface area (TPSA) is 21.3 Å². The van der Waals surface area contributed by atoms with Crippen LogP contribution in [0.1, 0.15) is 57.1 Å². The Morgan fingerprint density at radius 3 is 2.53 bits per heavy atom. The Morgan fingerprint density at radius 1 is 1.05 bits per heavy atom. The van der Waals surface area contributed by atoms with E-state index in [1.807, 2.05) is 0 Å². The van der Waals surface area contributed by atoms with E-state index >= 15 is 0 Å². The smallest absolute Gasteiger partial charge is 0.0462 e. The van der Waals surface area contributed by atoms with Gasteiger partial charge in [0.05, 0.1) is 0 Å². The van der Waals surface area contributed by atoms with Crippen molar-refractivity contribution in [2.24, 2.45) is 0 Å². The van der Waals surface area contributed by atoms with Crippen molar-refractivity contribution in [1.29, 1.82) is 0 Å². The summed E-state index contributed by atoms with van der Waals surface area (Å²) in [6.07, 6.45) is 7.48. The van der Waals surface area contributed by atoms with E-state index in [1.165, 1.54) is 37.7 Å². The fourth-order valence-electron chi connectivity index (χ4n) is 2.32. The van der Waals surface area contributed by atoms with E-state index < -0.39 is 0 Å². The minimum absolute atomic E-state index is 0.510. The van der Waals surface area contributed by atoms with Crippen molar-refractivity contribution < 1.29 is 4.74 Å². The van der Waals surface area contributed by atoms with Gasteiger partial charge in [0, 0.05) is 19.8 Å². The monoisotopic (exact) mass is 263 g/mol. The Hall–Kier alpha value is -0.860. The van der Waals surface area contributed by atoms with Gasteiger partial charge in [0.1, 0.15) is 0 Å². The lowest BCUT2D eigenvalue weighted by molar-refractivity contribution is 0.192. The highest BCUT2D eigenvalue weighted by molar-refractivity contribution is 5.18. The van der Waals surface area contributed by atoms with E-state index in [2.05, 4.69) is 42.6 Å². The molecule has 0 spiro atoms. The van der Waals surface area contributed by atoms with Crippen LogP contribution >= 0.6 is 0 Å². The molecule has 108 valence electrons. The molecule has 0 aliphatic rings. The van der Waals surface area contributed by atoms with E-state index in [9.17, 15) is 0 Å². The van der Waals surface area contributed by atoms with Crippen molar-refractivity contribution >= 4 is 0 Å². The third-order valence-electron chi connectivity index (χ3n) is 3.46. The van der Waals surface area contributed by atoms with Gasteiger partial charge in [-0.15, -0.1) is 0 Å². The van der Waals surface area contributed by atoms with Crippen LogP contribution in [0.15, 0.2) is 30.3 Å². The largest absolute Gasteiger partial charge is 0.385 e. The van der Waals surface area contributed by atoms with Crippen LogP contribution in [0.3, 0.4) is 0 Å². The van der Waals surface area contributed by atoms with Gasteiger partial charge in [-0.1, -0.05) is 56.5 Å². The van der Waals surface area contributed by atoms with Gasteiger partial charge in [0.2, 0.25) is 0 Å². The molecule has 0 aromatic heterocycles. The standard InChI is InChI=1S/C17H29NO/c1-3-4-6-13-17(16-11-7-5-8-12-16)18-14-9-10-15-19-2/h5,7-8,11-12,17-18H,3-4,6,9-10,13-15H2,1-2H3. The second kappa shape index (κ2) is 11.0. The molecule has 0 radical (unpaired) electrons. The summed E-state index contributed by atoms with van der Waals surface area (Å²) in [7, 11) is 1.77. The van der Waals surface area contributed by atoms with Gasteiger partial charge < -0.3 is 10.1 Å². The lowest BCUT2D eigenvalue weighted by Gasteiger charge is -2.19. The zero-order chi connectivity index (χ0) is 13.8. The fraction of sp³-hybridized carbons (Fsp3) is 0.647. The second-order valence-corrected chi connectivity index (χ2v) is 5.11. The maximum absolute atomic E-state index is 5.09. The molecule has 0 aliphatic carbocycles. The third-order valence-corrected chi connectivity index (χ3v) is 3.46. The molecule has 0 fully saturated rings. The molecule has 2 nitrogen and oxygen atoms in total. The molecular weight excluding hydrogens is 234 g/mol.